The number of piperazine rings is 1. The number of aliphatic hydroxyl groups excluding tert-OH is 1. The topological polar surface area (TPSA) is 47.0 Å². The summed E-state index contributed by atoms with van der Waals surface area (Å²) in [5.74, 6) is 0.129. The van der Waals surface area contributed by atoms with E-state index in [9.17, 15) is 4.79 Å². The molecule has 1 aliphatic rings. The van der Waals surface area contributed by atoms with Gasteiger partial charge in [0.2, 0.25) is 5.91 Å². The van der Waals surface area contributed by atoms with E-state index in [1.165, 1.54) is 11.3 Å². The Morgan fingerprint density at radius 2 is 2.09 bits per heavy atom. The van der Waals surface area contributed by atoms with Crippen LogP contribution in [0.1, 0.15) is 5.56 Å². The predicted molar refractivity (Wildman–Crippen MR) is 93.7 cm³/mol. The quantitative estimate of drug-likeness (QED) is 0.766. The van der Waals surface area contributed by atoms with Crippen LogP contribution in [0.2, 0.25) is 0 Å². The van der Waals surface area contributed by atoms with Crippen molar-refractivity contribution < 1.29 is 9.90 Å². The van der Waals surface area contributed by atoms with Crippen LogP contribution in [-0.4, -0.2) is 73.2 Å². The van der Waals surface area contributed by atoms with E-state index in [1.54, 1.807) is 6.08 Å². The van der Waals surface area contributed by atoms with Crippen LogP contribution in [-0.2, 0) is 4.79 Å². The van der Waals surface area contributed by atoms with Crippen LogP contribution in [0, 0.1) is 6.92 Å². The second-order valence-corrected chi connectivity index (χ2v) is 5.95. The Morgan fingerprint density at radius 3 is 2.70 bits per heavy atom. The Labute approximate surface area is 138 Å². The van der Waals surface area contributed by atoms with E-state index in [4.69, 9.17) is 5.11 Å². The van der Waals surface area contributed by atoms with Gasteiger partial charge < -0.3 is 14.9 Å². The highest BCUT2D eigenvalue weighted by molar-refractivity contribution is 5.78. The van der Waals surface area contributed by atoms with Gasteiger partial charge in [0.05, 0.1) is 13.2 Å². The number of benzene rings is 1. The molecule has 0 radical (unpaired) electrons. The van der Waals surface area contributed by atoms with Crippen LogP contribution in [0.15, 0.2) is 36.9 Å². The maximum atomic E-state index is 12.4. The maximum Gasteiger partial charge on any atom is 0.236 e. The lowest BCUT2D eigenvalue weighted by atomic mass is 10.2. The molecular weight excluding hydrogens is 290 g/mol. The first kappa shape index (κ1) is 17.5. The standard InChI is InChI=1S/C18H27N3O2/c1-3-7-19(12-13-22)15-18(23)21-10-8-20(9-11-21)17-6-4-5-16(2)14-17/h3-6,14,22H,1,7-13,15H2,2H3. The maximum absolute atomic E-state index is 12.4. The molecule has 1 saturated heterocycles. The molecule has 0 aromatic heterocycles. The van der Waals surface area contributed by atoms with Gasteiger partial charge in [0.15, 0.2) is 0 Å². The summed E-state index contributed by atoms with van der Waals surface area (Å²) in [5, 5.41) is 9.06. The molecule has 5 nitrogen and oxygen atoms in total. The van der Waals surface area contributed by atoms with Crippen molar-refractivity contribution in [3.8, 4) is 0 Å². The lowest BCUT2D eigenvalue weighted by molar-refractivity contribution is -0.132. The van der Waals surface area contributed by atoms with Gasteiger partial charge in [-0.05, 0) is 24.6 Å². The molecule has 0 atom stereocenters. The second kappa shape index (κ2) is 8.70. The van der Waals surface area contributed by atoms with Gasteiger partial charge in [-0.3, -0.25) is 9.69 Å². The number of hydrogen-bond acceptors (Lipinski definition) is 4. The number of nitrogens with zero attached hydrogens (tertiary/aromatic N) is 3. The zero-order valence-electron chi connectivity index (χ0n) is 13.9. The van der Waals surface area contributed by atoms with Gasteiger partial charge in [-0.15, -0.1) is 6.58 Å². The van der Waals surface area contributed by atoms with Gasteiger partial charge in [-0.25, -0.2) is 0 Å². The van der Waals surface area contributed by atoms with Crippen molar-refractivity contribution in [2.24, 2.45) is 0 Å². The molecule has 0 bridgehead atoms. The van der Waals surface area contributed by atoms with Gasteiger partial charge in [0, 0.05) is 45.0 Å². The van der Waals surface area contributed by atoms with Crippen LogP contribution in [0.5, 0.6) is 0 Å². The third-order valence-corrected chi connectivity index (χ3v) is 4.16. The van der Waals surface area contributed by atoms with Crippen molar-refractivity contribution in [2.45, 2.75) is 6.92 Å². The molecule has 1 fully saturated rings. The zero-order valence-corrected chi connectivity index (χ0v) is 13.9. The molecule has 0 saturated carbocycles. The lowest BCUT2D eigenvalue weighted by Gasteiger charge is -2.37. The average molecular weight is 317 g/mol. The molecule has 5 heteroatoms. The number of carbonyl (C=O) groups excluding carboxylic acids is 1. The Kier molecular flexibility index (Phi) is 6.62. The van der Waals surface area contributed by atoms with Gasteiger partial charge >= 0.3 is 0 Å². The summed E-state index contributed by atoms with van der Waals surface area (Å²) >= 11 is 0. The summed E-state index contributed by atoms with van der Waals surface area (Å²) < 4.78 is 0. The molecule has 0 unspecified atom stereocenters. The fourth-order valence-electron chi connectivity index (χ4n) is 2.89. The van der Waals surface area contributed by atoms with Gasteiger partial charge in [-0.2, -0.15) is 0 Å². The van der Waals surface area contributed by atoms with Crippen LogP contribution in [0.25, 0.3) is 0 Å². The minimum atomic E-state index is 0.0578. The van der Waals surface area contributed by atoms with Crippen molar-refractivity contribution in [3.63, 3.8) is 0 Å². The Hall–Kier alpha value is -1.85. The van der Waals surface area contributed by atoms with Gasteiger partial charge in [0.1, 0.15) is 0 Å². The Balaban J connectivity index is 1.85. The highest BCUT2D eigenvalue weighted by atomic mass is 16.3. The fraction of sp³-hybridized carbons (Fsp3) is 0.500. The first-order valence-corrected chi connectivity index (χ1v) is 8.17. The highest BCUT2D eigenvalue weighted by Gasteiger charge is 2.22. The van der Waals surface area contributed by atoms with Crippen molar-refractivity contribution in [3.05, 3.63) is 42.5 Å². The number of aryl methyl sites for hydroxylation is 1. The smallest absolute Gasteiger partial charge is 0.236 e. The molecular formula is C18H27N3O2. The summed E-state index contributed by atoms with van der Waals surface area (Å²) in [4.78, 5) is 18.6. The molecule has 1 aliphatic heterocycles. The summed E-state index contributed by atoms with van der Waals surface area (Å²) in [6.07, 6.45) is 1.76. The predicted octanol–water partition coefficient (Wildman–Crippen LogP) is 1.12. The van der Waals surface area contributed by atoms with Gasteiger partial charge in [0.25, 0.3) is 0 Å². The second-order valence-electron chi connectivity index (χ2n) is 5.95. The molecule has 2 rings (SSSR count). The molecule has 1 aromatic rings. The van der Waals surface area contributed by atoms with E-state index >= 15 is 0 Å². The van der Waals surface area contributed by atoms with Crippen LogP contribution in [0.3, 0.4) is 0 Å². The van der Waals surface area contributed by atoms with Crippen LogP contribution >= 0.6 is 0 Å². The first-order chi connectivity index (χ1) is 11.1. The molecule has 1 amide bonds. The first-order valence-electron chi connectivity index (χ1n) is 8.17. The Morgan fingerprint density at radius 1 is 1.35 bits per heavy atom. The van der Waals surface area contributed by atoms with Crippen molar-refractivity contribution in [2.75, 3.05) is 57.3 Å². The third-order valence-electron chi connectivity index (χ3n) is 4.16. The van der Waals surface area contributed by atoms with Crippen molar-refractivity contribution >= 4 is 11.6 Å². The molecule has 23 heavy (non-hydrogen) atoms. The average Bonchev–Trinajstić information content (AvgIpc) is 2.55. The summed E-state index contributed by atoms with van der Waals surface area (Å²) in [5.41, 5.74) is 2.48. The van der Waals surface area contributed by atoms with Crippen molar-refractivity contribution in [1.82, 2.24) is 9.80 Å². The fourth-order valence-corrected chi connectivity index (χ4v) is 2.89. The Bertz CT molecular complexity index is 525. The van der Waals surface area contributed by atoms with Gasteiger partial charge in [-0.1, -0.05) is 18.2 Å². The molecule has 0 aliphatic carbocycles. The third kappa shape index (κ3) is 5.08. The molecule has 0 spiro atoms. The largest absolute Gasteiger partial charge is 0.395 e. The molecule has 1 aromatic carbocycles. The number of aliphatic hydroxyl groups is 1. The minimum Gasteiger partial charge on any atom is -0.395 e. The monoisotopic (exact) mass is 317 g/mol. The number of carbonyl (C=O) groups is 1. The van der Waals surface area contributed by atoms with E-state index in [2.05, 4.69) is 42.7 Å². The molecule has 1 N–H and O–H groups in total. The zero-order chi connectivity index (χ0) is 16.7. The van der Waals surface area contributed by atoms with E-state index < -0.39 is 0 Å². The van der Waals surface area contributed by atoms with Crippen molar-refractivity contribution in [1.29, 1.82) is 0 Å². The lowest BCUT2D eigenvalue weighted by Crippen LogP contribution is -2.51. The van der Waals surface area contributed by atoms with E-state index in [1.807, 2.05) is 9.80 Å². The summed E-state index contributed by atoms with van der Waals surface area (Å²) in [6, 6.07) is 8.48. The normalized spacial score (nSPS) is 15.1. The van der Waals surface area contributed by atoms with Crippen LogP contribution in [0.4, 0.5) is 5.69 Å². The summed E-state index contributed by atoms with van der Waals surface area (Å²) in [6.45, 7) is 10.5. The van der Waals surface area contributed by atoms with Crippen LogP contribution < -0.4 is 4.90 Å². The number of anilines is 1. The van der Waals surface area contributed by atoms with E-state index in [0.717, 1.165) is 26.2 Å². The SMILES string of the molecule is C=CCN(CCO)CC(=O)N1CCN(c2cccc(C)c2)CC1. The minimum absolute atomic E-state index is 0.0578. The molecule has 1 heterocycles. The number of rotatable bonds is 7. The van der Waals surface area contributed by atoms with E-state index in [-0.39, 0.29) is 12.5 Å². The summed E-state index contributed by atoms with van der Waals surface area (Å²) in [7, 11) is 0. The number of hydrogen-bond donors (Lipinski definition) is 1. The highest BCUT2D eigenvalue weighted by Crippen LogP contribution is 2.17. The number of amides is 1. The molecule has 126 valence electrons. The van der Waals surface area contributed by atoms with E-state index in [0.29, 0.717) is 19.6 Å².